The first-order valence-electron chi connectivity index (χ1n) is 10.5. The van der Waals surface area contributed by atoms with Crippen LogP contribution in [0.4, 0.5) is 5.69 Å². The van der Waals surface area contributed by atoms with Crippen molar-refractivity contribution in [2.24, 2.45) is 0 Å². The first-order chi connectivity index (χ1) is 15.1. The van der Waals surface area contributed by atoms with Crippen LogP contribution in [0.2, 0.25) is 0 Å². The van der Waals surface area contributed by atoms with Crippen LogP contribution in [0.15, 0.2) is 64.4 Å². The minimum atomic E-state index is -0.711. The molecule has 2 heterocycles. The second-order valence-corrected chi connectivity index (χ2v) is 7.80. The number of carbonyl (C=O) groups is 1. The fourth-order valence-corrected chi connectivity index (χ4v) is 4.07. The van der Waals surface area contributed by atoms with Crippen LogP contribution in [0.1, 0.15) is 53.2 Å². The lowest BCUT2D eigenvalue weighted by molar-refractivity contribution is 0.0921. The molecule has 1 fully saturated rings. The molecule has 0 bridgehead atoms. The van der Waals surface area contributed by atoms with Crippen LogP contribution < -0.4 is 21.9 Å². The van der Waals surface area contributed by atoms with Crippen molar-refractivity contribution in [1.29, 1.82) is 0 Å². The number of benzene rings is 1. The number of hydrogen-bond donors (Lipinski definition) is 4. The number of hydrogen-bond acceptors (Lipinski definition) is 5. The molecule has 0 aliphatic heterocycles. The first kappa shape index (κ1) is 20.6. The molecule has 1 saturated carbocycles. The number of anilines is 1. The highest BCUT2D eigenvalue weighted by molar-refractivity contribution is 5.97. The molecule has 8 heteroatoms. The van der Waals surface area contributed by atoms with E-state index in [9.17, 15) is 14.4 Å². The van der Waals surface area contributed by atoms with Gasteiger partial charge in [-0.3, -0.25) is 19.6 Å². The molecule has 1 amide bonds. The van der Waals surface area contributed by atoms with E-state index < -0.39 is 17.2 Å². The Morgan fingerprint density at radius 1 is 0.968 bits per heavy atom. The summed E-state index contributed by atoms with van der Waals surface area (Å²) in [4.78, 5) is 45.7. The molecule has 4 N–H and O–H groups in total. The standard InChI is InChI=1S/C23H25N5O3/c29-21-19(25-14-15-10-12-24-13-11-15)20(27-23(31)28-21)22(30)26-18-8-6-17(7-9-18)16-4-2-1-3-5-16/h1-5,10-13,17-18,25H,6-9,14H2,(H,26,30)(H2,27,28,29,31). The SMILES string of the molecule is O=C(NC1CCC(c2ccccc2)CC1)c1[nH]c(=O)[nH]c(=O)c1NCc1ccncc1. The highest BCUT2D eigenvalue weighted by Gasteiger charge is 2.25. The summed E-state index contributed by atoms with van der Waals surface area (Å²) >= 11 is 0. The number of nitrogens with one attached hydrogen (secondary N) is 4. The van der Waals surface area contributed by atoms with E-state index in [2.05, 4.69) is 37.7 Å². The van der Waals surface area contributed by atoms with E-state index in [1.54, 1.807) is 24.5 Å². The zero-order valence-corrected chi connectivity index (χ0v) is 17.1. The first-order valence-corrected chi connectivity index (χ1v) is 10.5. The van der Waals surface area contributed by atoms with E-state index in [4.69, 9.17) is 0 Å². The average molecular weight is 419 g/mol. The van der Waals surface area contributed by atoms with Crippen molar-refractivity contribution in [3.8, 4) is 0 Å². The molecule has 3 aromatic rings. The van der Waals surface area contributed by atoms with Crippen molar-refractivity contribution in [3.63, 3.8) is 0 Å². The van der Waals surface area contributed by atoms with E-state index in [-0.39, 0.29) is 17.4 Å². The molecular formula is C23H25N5O3. The minimum absolute atomic E-state index is 0.00306. The van der Waals surface area contributed by atoms with Gasteiger partial charge in [0, 0.05) is 25.0 Å². The maximum absolute atomic E-state index is 12.9. The summed E-state index contributed by atoms with van der Waals surface area (Å²) in [6.07, 6.45) is 6.94. The van der Waals surface area contributed by atoms with Crippen LogP contribution in [0.5, 0.6) is 0 Å². The molecule has 31 heavy (non-hydrogen) atoms. The Labute approximate surface area is 179 Å². The maximum atomic E-state index is 12.9. The summed E-state index contributed by atoms with van der Waals surface area (Å²) in [7, 11) is 0. The van der Waals surface area contributed by atoms with Crippen LogP contribution >= 0.6 is 0 Å². The van der Waals surface area contributed by atoms with Gasteiger partial charge in [0.15, 0.2) is 0 Å². The van der Waals surface area contributed by atoms with E-state index in [0.29, 0.717) is 12.5 Å². The molecule has 8 nitrogen and oxygen atoms in total. The van der Waals surface area contributed by atoms with Gasteiger partial charge in [0.25, 0.3) is 11.5 Å². The fraction of sp³-hybridized carbons (Fsp3) is 0.304. The number of carbonyl (C=O) groups excluding carboxylic acids is 1. The van der Waals surface area contributed by atoms with Crippen molar-refractivity contribution in [3.05, 3.63) is 92.5 Å². The number of aromatic amines is 2. The number of nitrogens with zero attached hydrogens (tertiary/aromatic N) is 1. The molecule has 0 unspecified atom stereocenters. The molecule has 1 aliphatic rings. The predicted molar refractivity (Wildman–Crippen MR) is 118 cm³/mol. The lowest BCUT2D eigenvalue weighted by Crippen LogP contribution is -2.40. The van der Waals surface area contributed by atoms with Crippen molar-refractivity contribution >= 4 is 11.6 Å². The van der Waals surface area contributed by atoms with Crippen LogP contribution in [0.3, 0.4) is 0 Å². The van der Waals surface area contributed by atoms with Gasteiger partial charge in [0.1, 0.15) is 11.4 Å². The quantitative estimate of drug-likeness (QED) is 0.489. The second kappa shape index (κ2) is 9.42. The lowest BCUT2D eigenvalue weighted by Gasteiger charge is -2.29. The Morgan fingerprint density at radius 3 is 2.39 bits per heavy atom. The predicted octanol–water partition coefficient (Wildman–Crippen LogP) is 2.53. The van der Waals surface area contributed by atoms with Crippen molar-refractivity contribution in [2.45, 2.75) is 44.2 Å². The molecule has 4 rings (SSSR count). The summed E-state index contributed by atoms with van der Waals surface area (Å²) in [6.45, 7) is 0.320. The van der Waals surface area contributed by atoms with Gasteiger partial charge in [-0.2, -0.15) is 0 Å². The summed E-state index contributed by atoms with van der Waals surface area (Å²) in [5.41, 5.74) is 0.882. The fourth-order valence-electron chi connectivity index (χ4n) is 4.07. The summed E-state index contributed by atoms with van der Waals surface area (Å²) in [5.74, 6) is 0.0370. The van der Waals surface area contributed by atoms with Crippen LogP contribution in [0.25, 0.3) is 0 Å². The van der Waals surface area contributed by atoms with Gasteiger partial charge < -0.3 is 15.6 Å². The van der Waals surface area contributed by atoms with E-state index in [1.165, 1.54) is 5.56 Å². The van der Waals surface area contributed by atoms with Crippen LogP contribution in [-0.2, 0) is 6.54 Å². The third kappa shape index (κ3) is 5.09. The molecule has 1 aliphatic carbocycles. The summed E-state index contributed by atoms with van der Waals surface area (Å²) in [6, 6.07) is 14.0. The van der Waals surface area contributed by atoms with Crippen LogP contribution in [0, 0.1) is 0 Å². The van der Waals surface area contributed by atoms with E-state index >= 15 is 0 Å². The minimum Gasteiger partial charge on any atom is -0.375 e. The highest BCUT2D eigenvalue weighted by atomic mass is 16.2. The summed E-state index contributed by atoms with van der Waals surface area (Å²) in [5, 5.41) is 5.96. The number of H-pyrrole nitrogens is 2. The molecule has 0 atom stereocenters. The smallest absolute Gasteiger partial charge is 0.326 e. The normalized spacial score (nSPS) is 18.3. The molecule has 1 aromatic carbocycles. The third-order valence-corrected chi connectivity index (χ3v) is 5.72. The number of pyridine rings is 1. The largest absolute Gasteiger partial charge is 0.375 e. The Morgan fingerprint density at radius 2 is 1.68 bits per heavy atom. The average Bonchev–Trinajstić information content (AvgIpc) is 2.80. The summed E-state index contributed by atoms with van der Waals surface area (Å²) < 4.78 is 0. The van der Waals surface area contributed by atoms with E-state index in [1.807, 2.05) is 18.2 Å². The van der Waals surface area contributed by atoms with Gasteiger partial charge >= 0.3 is 5.69 Å². The Balaban J connectivity index is 1.43. The highest BCUT2D eigenvalue weighted by Crippen LogP contribution is 2.32. The van der Waals surface area contributed by atoms with Gasteiger partial charge in [-0.25, -0.2) is 4.79 Å². The second-order valence-electron chi connectivity index (χ2n) is 7.80. The monoisotopic (exact) mass is 419 g/mol. The van der Waals surface area contributed by atoms with Crippen molar-refractivity contribution in [2.75, 3.05) is 5.32 Å². The topological polar surface area (TPSA) is 120 Å². The van der Waals surface area contributed by atoms with Crippen molar-refractivity contribution < 1.29 is 4.79 Å². The Kier molecular flexibility index (Phi) is 6.26. The van der Waals surface area contributed by atoms with Crippen LogP contribution in [-0.4, -0.2) is 26.9 Å². The number of amides is 1. The van der Waals surface area contributed by atoms with Gasteiger partial charge in [0.05, 0.1) is 0 Å². The third-order valence-electron chi connectivity index (χ3n) is 5.72. The van der Waals surface area contributed by atoms with E-state index in [0.717, 1.165) is 31.2 Å². The molecule has 0 saturated heterocycles. The molecule has 0 radical (unpaired) electrons. The molecule has 0 spiro atoms. The molecule has 160 valence electrons. The van der Waals surface area contributed by atoms with Gasteiger partial charge in [-0.15, -0.1) is 0 Å². The van der Waals surface area contributed by atoms with Gasteiger partial charge in [0.2, 0.25) is 0 Å². The Hall–Kier alpha value is -3.68. The Bertz CT molecular complexity index is 1130. The van der Waals surface area contributed by atoms with Gasteiger partial charge in [-0.1, -0.05) is 30.3 Å². The molecule has 2 aromatic heterocycles. The number of rotatable bonds is 6. The number of aromatic nitrogens is 3. The van der Waals surface area contributed by atoms with Gasteiger partial charge in [-0.05, 0) is 54.9 Å². The van der Waals surface area contributed by atoms with Crippen molar-refractivity contribution in [1.82, 2.24) is 20.3 Å². The maximum Gasteiger partial charge on any atom is 0.326 e. The zero-order valence-electron chi connectivity index (χ0n) is 17.1. The zero-order chi connectivity index (χ0) is 21.6. The lowest BCUT2D eigenvalue weighted by atomic mass is 9.82. The molecular weight excluding hydrogens is 394 g/mol.